The van der Waals surface area contributed by atoms with Gasteiger partial charge in [-0.3, -0.25) is 14.2 Å². The number of hydrogen-bond donors (Lipinski definition) is 0. The van der Waals surface area contributed by atoms with Gasteiger partial charge in [0.05, 0.1) is 22.6 Å². The molecule has 0 fully saturated rings. The molecule has 0 saturated heterocycles. The maximum atomic E-state index is 13.6. The highest BCUT2D eigenvalue weighted by Gasteiger charge is 2.28. The number of aryl methyl sites for hydroxylation is 2. The fourth-order valence-corrected chi connectivity index (χ4v) is 4.15. The molecule has 5 nitrogen and oxygen atoms in total. The van der Waals surface area contributed by atoms with Gasteiger partial charge in [0.25, 0.3) is 5.56 Å². The Balaban J connectivity index is 1.84. The number of halogens is 1. The van der Waals surface area contributed by atoms with Crippen LogP contribution in [0.5, 0.6) is 0 Å². The number of amides is 1. The number of alkyl halides is 1. The molecule has 4 rings (SSSR count). The van der Waals surface area contributed by atoms with Crippen LogP contribution in [0.25, 0.3) is 16.6 Å². The molecular formula is C27H26ClN3O2. The predicted molar refractivity (Wildman–Crippen MR) is 133 cm³/mol. The van der Waals surface area contributed by atoms with Crippen LogP contribution in [0.2, 0.25) is 0 Å². The predicted octanol–water partition coefficient (Wildman–Crippen LogP) is 5.50. The Morgan fingerprint density at radius 1 is 0.970 bits per heavy atom. The van der Waals surface area contributed by atoms with Crippen LogP contribution in [-0.4, -0.2) is 27.4 Å². The molecule has 0 aliphatic heterocycles. The van der Waals surface area contributed by atoms with Crippen molar-refractivity contribution < 1.29 is 4.79 Å². The first-order valence-corrected chi connectivity index (χ1v) is 11.3. The summed E-state index contributed by atoms with van der Waals surface area (Å²) in [5.74, 6) is 0.221. The first-order chi connectivity index (χ1) is 15.8. The fraction of sp³-hybridized carbons (Fsp3) is 0.222. The van der Waals surface area contributed by atoms with Crippen molar-refractivity contribution in [2.24, 2.45) is 0 Å². The lowest BCUT2D eigenvalue weighted by molar-refractivity contribution is -0.131. The van der Waals surface area contributed by atoms with Crippen LogP contribution >= 0.6 is 11.6 Å². The highest BCUT2D eigenvalue weighted by Crippen LogP contribution is 2.28. The first kappa shape index (κ1) is 22.7. The third-order valence-corrected chi connectivity index (χ3v) is 6.60. The lowest BCUT2D eigenvalue weighted by Crippen LogP contribution is -2.36. The van der Waals surface area contributed by atoms with E-state index in [-0.39, 0.29) is 11.5 Å². The fourth-order valence-electron chi connectivity index (χ4n) is 3.85. The van der Waals surface area contributed by atoms with Gasteiger partial charge in [-0.2, -0.15) is 0 Å². The van der Waals surface area contributed by atoms with Crippen LogP contribution in [0, 0.1) is 13.8 Å². The lowest BCUT2D eigenvalue weighted by Gasteiger charge is -2.28. The molecule has 1 amide bonds. The summed E-state index contributed by atoms with van der Waals surface area (Å²) in [7, 11) is 1.69. The van der Waals surface area contributed by atoms with E-state index in [1.54, 1.807) is 22.6 Å². The van der Waals surface area contributed by atoms with Gasteiger partial charge in [0, 0.05) is 7.05 Å². The summed E-state index contributed by atoms with van der Waals surface area (Å²) in [6.45, 7) is 5.90. The molecule has 3 aromatic carbocycles. The zero-order valence-corrected chi connectivity index (χ0v) is 19.9. The Morgan fingerprint density at radius 3 is 2.33 bits per heavy atom. The van der Waals surface area contributed by atoms with Crippen LogP contribution in [0.4, 0.5) is 0 Å². The average Bonchev–Trinajstić information content (AvgIpc) is 2.84. The molecule has 0 radical (unpaired) electrons. The van der Waals surface area contributed by atoms with E-state index >= 15 is 0 Å². The van der Waals surface area contributed by atoms with Crippen molar-refractivity contribution in [2.75, 3.05) is 7.05 Å². The van der Waals surface area contributed by atoms with Gasteiger partial charge in [0.2, 0.25) is 5.91 Å². The molecule has 0 saturated carbocycles. The standard InChI is InChI=1S/C27H26ClN3O2/c1-17-14-15-21(16-18(17)2)31-25(29-23-13-9-8-12-22(23)26(31)32)19(3)30(4)27(33)24(28)20-10-6-5-7-11-20/h5-16,19,24H,1-4H3. The molecule has 2 unspecified atom stereocenters. The summed E-state index contributed by atoms with van der Waals surface area (Å²) in [4.78, 5) is 33.2. The Bertz CT molecular complexity index is 1380. The SMILES string of the molecule is Cc1ccc(-n2c(C(C)N(C)C(=O)C(Cl)c3ccccc3)nc3ccccc3c2=O)cc1C. The third kappa shape index (κ3) is 4.29. The average molecular weight is 460 g/mol. The maximum absolute atomic E-state index is 13.6. The molecular weight excluding hydrogens is 434 g/mol. The van der Waals surface area contributed by atoms with E-state index < -0.39 is 11.4 Å². The number of rotatable bonds is 5. The second-order valence-corrected chi connectivity index (χ2v) is 8.73. The minimum atomic E-state index is -0.833. The van der Waals surface area contributed by atoms with Crippen LogP contribution in [0.3, 0.4) is 0 Å². The normalized spacial score (nSPS) is 13.0. The van der Waals surface area contributed by atoms with Gasteiger partial charge in [0.1, 0.15) is 11.2 Å². The largest absolute Gasteiger partial charge is 0.334 e. The number of hydrogen-bond acceptors (Lipinski definition) is 3. The van der Waals surface area contributed by atoms with E-state index in [0.717, 1.165) is 22.4 Å². The van der Waals surface area contributed by atoms with Crippen molar-refractivity contribution in [3.8, 4) is 5.69 Å². The van der Waals surface area contributed by atoms with E-state index in [2.05, 4.69) is 0 Å². The molecule has 2 atom stereocenters. The first-order valence-electron chi connectivity index (χ1n) is 10.8. The highest BCUT2D eigenvalue weighted by molar-refractivity contribution is 6.30. The third-order valence-electron chi connectivity index (χ3n) is 6.16. The van der Waals surface area contributed by atoms with Crippen LogP contribution < -0.4 is 5.56 Å². The molecule has 168 valence electrons. The number of para-hydroxylation sites is 1. The second-order valence-electron chi connectivity index (χ2n) is 8.29. The van der Waals surface area contributed by atoms with Gasteiger partial charge in [-0.05, 0) is 61.7 Å². The zero-order valence-electron chi connectivity index (χ0n) is 19.1. The minimum absolute atomic E-state index is 0.169. The number of nitrogens with zero attached hydrogens (tertiary/aromatic N) is 3. The molecule has 0 aliphatic carbocycles. The molecule has 0 aliphatic rings. The van der Waals surface area contributed by atoms with Crippen molar-refractivity contribution >= 4 is 28.4 Å². The number of carbonyl (C=O) groups is 1. The molecule has 0 N–H and O–H groups in total. The number of carbonyl (C=O) groups excluding carboxylic acids is 1. The highest BCUT2D eigenvalue weighted by atomic mass is 35.5. The Morgan fingerprint density at radius 2 is 1.64 bits per heavy atom. The van der Waals surface area contributed by atoms with Crippen LogP contribution in [0.15, 0.2) is 77.6 Å². The number of benzene rings is 3. The second kappa shape index (κ2) is 9.20. The lowest BCUT2D eigenvalue weighted by atomic mass is 10.1. The molecule has 0 spiro atoms. The van der Waals surface area contributed by atoms with Gasteiger partial charge >= 0.3 is 0 Å². The molecule has 4 aromatic rings. The topological polar surface area (TPSA) is 55.2 Å². The summed E-state index contributed by atoms with van der Waals surface area (Å²) in [6.07, 6.45) is 0. The molecule has 1 aromatic heterocycles. The quantitative estimate of drug-likeness (QED) is 0.370. The summed E-state index contributed by atoms with van der Waals surface area (Å²) in [6, 6.07) is 21.9. The van der Waals surface area contributed by atoms with Crippen molar-refractivity contribution in [1.82, 2.24) is 14.5 Å². The van der Waals surface area contributed by atoms with E-state index in [1.807, 2.05) is 87.5 Å². The van der Waals surface area contributed by atoms with Gasteiger partial charge in [0.15, 0.2) is 0 Å². The summed E-state index contributed by atoms with van der Waals surface area (Å²) in [5, 5.41) is -0.305. The monoisotopic (exact) mass is 459 g/mol. The van der Waals surface area contributed by atoms with E-state index in [1.165, 1.54) is 0 Å². The zero-order chi connectivity index (χ0) is 23.7. The summed E-state index contributed by atoms with van der Waals surface area (Å²) in [5.41, 5.74) is 4.07. The number of fused-ring (bicyclic) bond motifs is 1. The van der Waals surface area contributed by atoms with Gasteiger partial charge in [-0.15, -0.1) is 11.6 Å². The van der Waals surface area contributed by atoms with E-state index in [4.69, 9.17) is 16.6 Å². The maximum Gasteiger partial charge on any atom is 0.266 e. The summed E-state index contributed by atoms with van der Waals surface area (Å²) < 4.78 is 1.61. The van der Waals surface area contributed by atoms with Crippen molar-refractivity contribution in [3.63, 3.8) is 0 Å². The van der Waals surface area contributed by atoms with E-state index in [9.17, 15) is 9.59 Å². The van der Waals surface area contributed by atoms with Crippen molar-refractivity contribution in [3.05, 3.63) is 106 Å². The number of likely N-dealkylation sites (N-methyl/N-ethyl adjacent to an activating group) is 1. The van der Waals surface area contributed by atoms with Gasteiger partial charge in [-0.1, -0.05) is 48.5 Å². The molecule has 0 bridgehead atoms. The van der Waals surface area contributed by atoms with Crippen LogP contribution in [0.1, 0.15) is 40.9 Å². The Kier molecular flexibility index (Phi) is 6.34. The van der Waals surface area contributed by atoms with Gasteiger partial charge < -0.3 is 4.90 Å². The Hall–Kier alpha value is -3.44. The molecule has 1 heterocycles. The summed E-state index contributed by atoms with van der Waals surface area (Å²) >= 11 is 6.52. The molecule has 33 heavy (non-hydrogen) atoms. The van der Waals surface area contributed by atoms with E-state index in [0.29, 0.717) is 16.7 Å². The number of aromatic nitrogens is 2. The van der Waals surface area contributed by atoms with Gasteiger partial charge in [-0.25, -0.2) is 4.98 Å². The van der Waals surface area contributed by atoms with Crippen molar-refractivity contribution in [1.29, 1.82) is 0 Å². The molecule has 6 heteroatoms. The van der Waals surface area contributed by atoms with Crippen LogP contribution in [-0.2, 0) is 4.79 Å². The van der Waals surface area contributed by atoms with Crippen molar-refractivity contribution in [2.45, 2.75) is 32.2 Å². The smallest absolute Gasteiger partial charge is 0.266 e. The Labute approximate surface area is 198 Å². The minimum Gasteiger partial charge on any atom is -0.334 e.